The third-order valence-corrected chi connectivity index (χ3v) is 7.39. The summed E-state index contributed by atoms with van der Waals surface area (Å²) in [5.74, 6) is 0. The molecule has 0 saturated carbocycles. The van der Waals surface area contributed by atoms with Crippen LogP contribution in [0.3, 0.4) is 0 Å². The van der Waals surface area contributed by atoms with Gasteiger partial charge in [-0.15, -0.1) is 23.2 Å². The number of rotatable bonds is 5. The normalized spacial score (nSPS) is 12.1. The Morgan fingerprint density at radius 2 is 1.80 bits per heavy atom. The van der Waals surface area contributed by atoms with E-state index < -0.39 is 8.32 Å². The third kappa shape index (κ3) is 4.56. The Balaban J connectivity index is 2.34. The smallest absolute Gasteiger partial charge is 0.220 e. The monoisotopic (exact) mass is 262 g/mol. The summed E-state index contributed by atoms with van der Waals surface area (Å²) >= 11 is 11.7. The lowest BCUT2D eigenvalue weighted by Gasteiger charge is -2.23. The van der Waals surface area contributed by atoms with Gasteiger partial charge < -0.3 is 4.43 Å². The zero-order valence-corrected chi connectivity index (χ0v) is 11.6. The summed E-state index contributed by atoms with van der Waals surface area (Å²) in [6.07, 6.45) is 0.914. The van der Waals surface area contributed by atoms with Gasteiger partial charge in [-0.05, 0) is 25.1 Å². The minimum absolute atomic E-state index is 0.367. The average Bonchev–Trinajstić information content (AvgIpc) is 2.19. The highest BCUT2D eigenvalue weighted by Crippen LogP contribution is 2.19. The number of hydrogen-bond donors (Lipinski definition) is 0. The van der Waals surface area contributed by atoms with Gasteiger partial charge in [-0.3, -0.25) is 0 Å². The Morgan fingerprint density at radius 1 is 1.20 bits per heavy atom. The molecule has 0 spiro atoms. The first-order valence-corrected chi connectivity index (χ1v) is 8.84. The molecule has 0 N–H and O–H groups in total. The summed E-state index contributed by atoms with van der Waals surface area (Å²) in [7, 11) is -1.90. The van der Waals surface area contributed by atoms with Crippen LogP contribution in [0.25, 0.3) is 0 Å². The fourth-order valence-corrected chi connectivity index (χ4v) is 2.27. The van der Waals surface area contributed by atoms with E-state index in [0.717, 1.165) is 6.42 Å². The molecule has 0 aliphatic rings. The van der Waals surface area contributed by atoms with E-state index in [4.69, 9.17) is 27.6 Å². The topological polar surface area (TPSA) is 9.23 Å². The fourth-order valence-electron chi connectivity index (χ4n) is 1.14. The summed E-state index contributed by atoms with van der Waals surface area (Å²) in [5, 5.41) is 0. The van der Waals surface area contributed by atoms with Gasteiger partial charge in [0.05, 0.1) is 0 Å². The summed E-state index contributed by atoms with van der Waals surface area (Å²) in [4.78, 5) is 0. The molecule has 0 heterocycles. The highest BCUT2D eigenvalue weighted by molar-refractivity contribution is 6.87. The van der Waals surface area contributed by atoms with Crippen molar-refractivity contribution >= 4 is 31.5 Å². The Hall–Kier alpha value is -0.0231. The first-order valence-electron chi connectivity index (χ1n) is 4.98. The molecule has 1 aromatic carbocycles. The van der Waals surface area contributed by atoms with Crippen LogP contribution in [0, 0.1) is 0 Å². The summed E-state index contributed by atoms with van der Waals surface area (Å²) in [6, 6.07) is 10.3. The quantitative estimate of drug-likeness (QED) is 0.580. The van der Waals surface area contributed by atoms with Gasteiger partial charge >= 0.3 is 0 Å². The molecule has 0 aromatic heterocycles. The molecule has 0 unspecified atom stereocenters. The molecule has 0 aliphatic heterocycles. The van der Waals surface area contributed by atoms with Gasteiger partial charge in [-0.2, -0.15) is 0 Å². The highest BCUT2D eigenvalue weighted by atomic mass is 35.5. The Kier molecular flexibility index (Phi) is 5.13. The summed E-state index contributed by atoms with van der Waals surface area (Å²) in [6.45, 7) is 4.75. The average molecular weight is 263 g/mol. The van der Waals surface area contributed by atoms with Crippen molar-refractivity contribution in [1.29, 1.82) is 0 Å². The molecule has 0 atom stereocenters. The molecule has 1 rings (SSSR count). The molecule has 15 heavy (non-hydrogen) atoms. The molecule has 0 fully saturated rings. The fraction of sp³-hybridized carbons (Fsp3) is 0.455. The zero-order chi connectivity index (χ0) is 11.3. The van der Waals surface area contributed by atoms with E-state index in [1.54, 1.807) is 0 Å². The molecule has 0 radical (unpaired) electrons. The van der Waals surface area contributed by atoms with Crippen LogP contribution in [-0.2, 0) is 10.8 Å². The molecule has 0 saturated heterocycles. The van der Waals surface area contributed by atoms with Crippen LogP contribution in [-0.4, -0.2) is 19.4 Å². The maximum Gasteiger partial charge on any atom is 0.220 e. The SMILES string of the molecule is C[Si](C)(OCCc1ccccc1)C(Cl)Cl. The molecular formula is C11H16Cl2OSi. The Morgan fingerprint density at radius 3 is 2.33 bits per heavy atom. The largest absolute Gasteiger partial charge is 0.414 e. The predicted octanol–water partition coefficient (Wildman–Crippen LogP) is 3.79. The molecular weight excluding hydrogens is 247 g/mol. The second kappa shape index (κ2) is 5.90. The van der Waals surface area contributed by atoms with Crippen LogP contribution in [0.1, 0.15) is 5.56 Å². The van der Waals surface area contributed by atoms with Crippen LogP contribution < -0.4 is 0 Å². The maximum absolute atomic E-state index is 5.85. The maximum atomic E-state index is 5.85. The van der Waals surface area contributed by atoms with Crippen LogP contribution in [0.15, 0.2) is 30.3 Å². The van der Waals surface area contributed by atoms with Crippen molar-refractivity contribution in [3.8, 4) is 0 Å². The van der Waals surface area contributed by atoms with Gasteiger partial charge in [0, 0.05) is 6.61 Å². The number of alkyl halides is 2. The Bertz CT molecular complexity index is 288. The van der Waals surface area contributed by atoms with Gasteiger partial charge in [0.15, 0.2) is 0 Å². The molecule has 4 heteroatoms. The van der Waals surface area contributed by atoms with E-state index >= 15 is 0 Å². The first kappa shape index (κ1) is 13.0. The molecule has 0 amide bonds. The van der Waals surface area contributed by atoms with Gasteiger partial charge in [0.1, 0.15) is 4.46 Å². The molecule has 0 bridgehead atoms. The lowest BCUT2D eigenvalue weighted by Crippen LogP contribution is -2.39. The lowest BCUT2D eigenvalue weighted by atomic mass is 10.2. The second-order valence-electron chi connectivity index (χ2n) is 3.99. The Labute approximate surface area is 102 Å². The van der Waals surface area contributed by atoms with Crippen LogP contribution in [0.5, 0.6) is 0 Å². The van der Waals surface area contributed by atoms with Crippen molar-refractivity contribution in [3.05, 3.63) is 35.9 Å². The minimum Gasteiger partial charge on any atom is -0.414 e. The van der Waals surface area contributed by atoms with Crippen molar-refractivity contribution in [2.45, 2.75) is 24.0 Å². The van der Waals surface area contributed by atoms with E-state index in [0.29, 0.717) is 6.61 Å². The summed E-state index contributed by atoms with van der Waals surface area (Å²) in [5.41, 5.74) is 1.28. The molecule has 0 aliphatic carbocycles. The van der Waals surface area contributed by atoms with Crippen LogP contribution in [0.2, 0.25) is 13.1 Å². The zero-order valence-electron chi connectivity index (χ0n) is 9.04. The molecule has 84 valence electrons. The van der Waals surface area contributed by atoms with Crippen molar-refractivity contribution < 1.29 is 4.43 Å². The standard InChI is InChI=1S/C11H16Cl2OSi/c1-15(2,11(12)13)14-9-8-10-6-4-3-5-7-10/h3-7,11H,8-9H2,1-2H3. The van der Waals surface area contributed by atoms with Gasteiger partial charge in [0.25, 0.3) is 0 Å². The van der Waals surface area contributed by atoms with Crippen LogP contribution in [0.4, 0.5) is 0 Å². The van der Waals surface area contributed by atoms with E-state index in [-0.39, 0.29) is 4.46 Å². The van der Waals surface area contributed by atoms with E-state index in [2.05, 4.69) is 12.1 Å². The van der Waals surface area contributed by atoms with Gasteiger partial charge in [-0.25, -0.2) is 0 Å². The van der Waals surface area contributed by atoms with E-state index in [1.165, 1.54) is 5.56 Å². The van der Waals surface area contributed by atoms with Crippen molar-refractivity contribution in [3.63, 3.8) is 0 Å². The second-order valence-corrected chi connectivity index (χ2v) is 9.89. The molecule has 1 nitrogen and oxygen atoms in total. The summed E-state index contributed by atoms with van der Waals surface area (Å²) < 4.78 is 5.40. The first-order chi connectivity index (χ1) is 7.02. The van der Waals surface area contributed by atoms with Crippen molar-refractivity contribution in [2.24, 2.45) is 0 Å². The molecule has 1 aromatic rings. The van der Waals surface area contributed by atoms with E-state index in [9.17, 15) is 0 Å². The van der Waals surface area contributed by atoms with E-state index in [1.807, 2.05) is 31.3 Å². The highest BCUT2D eigenvalue weighted by Gasteiger charge is 2.30. The van der Waals surface area contributed by atoms with Crippen molar-refractivity contribution in [2.75, 3.05) is 6.61 Å². The third-order valence-electron chi connectivity index (χ3n) is 2.23. The van der Waals surface area contributed by atoms with Gasteiger partial charge in [-0.1, -0.05) is 30.3 Å². The van der Waals surface area contributed by atoms with Crippen LogP contribution >= 0.6 is 23.2 Å². The number of halogens is 2. The lowest BCUT2D eigenvalue weighted by molar-refractivity contribution is 0.313. The number of hydrogen-bond acceptors (Lipinski definition) is 1. The number of benzene rings is 1. The van der Waals surface area contributed by atoms with Crippen molar-refractivity contribution in [1.82, 2.24) is 0 Å². The van der Waals surface area contributed by atoms with Gasteiger partial charge in [0.2, 0.25) is 8.32 Å². The minimum atomic E-state index is -1.90. The predicted molar refractivity (Wildman–Crippen MR) is 69.1 cm³/mol.